The zero-order valence-corrected chi connectivity index (χ0v) is 13.6. The molecular formula is C14H23N3O3S. The van der Waals surface area contributed by atoms with Crippen molar-refractivity contribution in [3.63, 3.8) is 0 Å². The van der Waals surface area contributed by atoms with Crippen LogP contribution in [0.5, 0.6) is 0 Å². The molecule has 1 aliphatic heterocycles. The number of ketones is 2. The van der Waals surface area contributed by atoms with Crippen LogP contribution in [0.1, 0.15) is 40.0 Å². The van der Waals surface area contributed by atoms with Crippen LogP contribution in [-0.4, -0.2) is 46.6 Å². The second-order valence-electron chi connectivity index (χ2n) is 5.91. The van der Waals surface area contributed by atoms with Crippen LogP contribution in [0, 0.1) is 5.41 Å². The first kappa shape index (κ1) is 17.6. The van der Waals surface area contributed by atoms with E-state index in [2.05, 4.69) is 17.5 Å². The minimum atomic E-state index is -0.704. The van der Waals surface area contributed by atoms with E-state index in [0.29, 0.717) is 19.4 Å². The van der Waals surface area contributed by atoms with Gasteiger partial charge in [0.2, 0.25) is 5.78 Å². The number of rotatable bonds is 6. The molecule has 1 saturated heterocycles. The monoisotopic (exact) mass is 313 g/mol. The Bertz CT molecular complexity index is 462. The number of Topliss-reactive ketones (excluding diaryl/α,β-unsaturated/α-hetero) is 2. The Labute approximate surface area is 130 Å². The molecule has 1 heterocycles. The SMILES string of the molecule is CCC(C)(C)C(=O)C(=O)N1CCC[C@H]1C(=O)CNC(N)=S. The lowest BCUT2D eigenvalue weighted by molar-refractivity contribution is -0.151. The Balaban J connectivity index is 2.77. The molecule has 21 heavy (non-hydrogen) atoms. The number of hydrogen-bond donors (Lipinski definition) is 2. The summed E-state index contributed by atoms with van der Waals surface area (Å²) < 4.78 is 0. The van der Waals surface area contributed by atoms with Crippen LogP contribution in [-0.2, 0) is 14.4 Å². The molecule has 1 fully saturated rings. The van der Waals surface area contributed by atoms with Gasteiger partial charge in [0.05, 0.1) is 12.6 Å². The predicted octanol–water partition coefficient (Wildman–Crippen LogP) is 0.385. The number of carbonyl (C=O) groups is 3. The van der Waals surface area contributed by atoms with Crippen molar-refractivity contribution in [3.05, 3.63) is 0 Å². The molecule has 0 aromatic heterocycles. The summed E-state index contributed by atoms with van der Waals surface area (Å²) in [6.07, 6.45) is 1.87. The van der Waals surface area contributed by atoms with Gasteiger partial charge in [0.1, 0.15) is 0 Å². The predicted molar refractivity (Wildman–Crippen MR) is 83.6 cm³/mol. The largest absolute Gasteiger partial charge is 0.376 e. The van der Waals surface area contributed by atoms with E-state index in [1.54, 1.807) is 13.8 Å². The highest BCUT2D eigenvalue weighted by atomic mass is 32.1. The smallest absolute Gasteiger partial charge is 0.291 e. The first-order chi connectivity index (χ1) is 9.70. The van der Waals surface area contributed by atoms with E-state index in [1.807, 2.05) is 6.92 Å². The van der Waals surface area contributed by atoms with Gasteiger partial charge in [-0.05, 0) is 31.5 Å². The average molecular weight is 313 g/mol. The molecule has 0 aliphatic carbocycles. The van der Waals surface area contributed by atoms with Gasteiger partial charge < -0.3 is 16.0 Å². The second kappa shape index (κ2) is 6.98. The van der Waals surface area contributed by atoms with Gasteiger partial charge in [0.25, 0.3) is 5.91 Å². The van der Waals surface area contributed by atoms with E-state index in [4.69, 9.17) is 5.73 Å². The van der Waals surface area contributed by atoms with Crippen LogP contribution in [0.3, 0.4) is 0 Å². The maximum atomic E-state index is 12.4. The van der Waals surface area contributed by atoms with Crippen molar-refractivity contribution in [1.82, 2.24) is 10.2 Å². The summed E-state index contributed by atoms with van der Waals surface area (Å²) in [6, 6.07) is -0.559. The second-order valence-corrected chi connectivity index (χ2v) is 6.35. The van der Waals surface area contributed by atoms with Gasteiger partial charge in [0.15, 0.2) is 10.9 Å². The molecule has 0 aromatic rings. The van der Waals surface area contributed by atoms with Crippen LogP contribution in [0.25, 0.3) is 0 Å². The van der Waals surface area contributed by atoms with E-state index in [-0.39, 0.29) is 17.4 Å². The summed E-state index contributed by atoms with van der Waals surface area (Å²) in [6.45, 7) is 5.77. The molecule has 0 saturated carbocycles. The van der Waals surface area contributed by atoms with Crippen molar-refractivity contribution in [2.45, 2.75) is 46.1 Å². The highest BCUT2D eigenvalue weighted by Gasteiger charge is 2.40. The fourth-order valence-corrected chi connectivity index (χ4v) is 2.29. The molecular weight excluding hydrogens is 290 g/mol. The van der Waals surface area contributed by atoms with E-state index in [0.717, 1.165) is 6.42 Å². The van der Waals surface area contributed by atoms with Gasteiger partial charge in [-0.15, -0.1) is 0 Å². The summed E-state index contributed by atoms with van der Waals surface area (Å²) in [5.41, 5.74) is 4.59. The van der Waals surface area contributed by atoms with Crippen LogP contribution in [0.2, 0.25) is 0 Å². The Morgan fingerprint density at radius 2 is 2.00 bits per heavy atom. The lowest BCUT2D eigenvalue weighted by Gasteiger charge is -2.27. The van der Waals surface area contributed by atoms with Crippen molar-refractivity contribution in [2.75, 3.05) is 13.1 Å². The summed E-state index contributed by atoms with van der Waals surface area (Å²) in [5.74, 6) is -1.17. The Morgan fingerprint density at radius 1 is 1.38 bits per heavy atom. The minimum absolute atomic E-state index is 0.0187. The lowest BCUT2D eigenvalue weighted by Crippen LogP contribution is -2.49. The number of nitrogens with two attached hydrogens (primary N) is 1. The number of likely N-dealkylation sites (tertiary alicyclic amines) is 1. The molecule has 1 rings (SSSR count). The van der Waals surface area contributed by atoms with Gasteiger partial charge in [0, 0.05) is 12.0 Å². The molecule has 1 atom stereocenters. The normalized spacial score (nSPS) is 18.4. The van der Waals surface area contributed by atoms with E-state index in [9.17, 15) is 14.4 Å². The van der Waals surface area contributed by atoms with Crippen molar-refractivity contribution in [2.24, 2.45) is 11.1 Å². The van der Waals surface area contributed by atoms with E-state index in [1.165, 1.54) is 4.90 Å². The first-order valence-electron chi connectivity index (χ1n) is 7.12. The number of nitrogens with one attached hydrogen (secondary N) is 1. The van der Waals surface area contributed by atoms with Gasteiger partial charge in [-0.1, -0.05) is 20.8 Å². The Kier molecular flexibility index (Phi) is 5.83. The molecule has 0 aromatic carbocycles. The number of nitrogens with zero attached hydrogens (tertiary/aromatic N) is 1. The van der Waals surface area contributed by atoms with Gasteiger partial charge in [-0.2, -0.15) is 0 Å². The molecule has 0 spiro atoms. The maximum absolute atomic E-state index is 12.4. The van der Waals surface area contributed by atoms with Crippen LogP contribution in [0.15, 0.2) is 0 Å². The van der Waals surface area contributed by atoms with Crippen molar-refractivity contribution in [3.8, 4) is 0 Å². The third-order valence-corrected chi connectivity index (χ3v) is 4.16. The maximum Gasteiger partial charge on any atom is 0.291 e. The van der Waals surface area contributed by atoms with Crippen LogP contribution >= 0.6 is 12.2 Å². The number of hydrogen-bond acceptors (Lipinski definition) is 4. The standard InChI is InChI=1S/C14H23N3O3S/c1-4-14(2,3)11(19)12(20)17-7-5-6-9(17)10(18)8-16-13(15)21/h9H,4-8H2,1-3H3,(H3,15,16,21)/t9-/m0/s1. The lowest BCUT2D eigenvalue weighted by atomic mass is 9.84. The van der Waals surface area contributed by atoms with Crippen LogP contribution < -0.4 is 11.1 Å². The summed E-state index contributed by atoms with van der Waals surface area (Å²) >= 11 is 4.66. The molecule has 0 radical (unpaired) electrons. The van der Waals surface area contributed by atoms with Crippen molar-refractivity contribution >= 4 is 34.8 Å². The van der Waals surface area contributed by atoms with Crippen molar-refractivity contribution < 1.29 is 14.4 Å². The molecule has 6 nitrogen and oxygen atoms in total. The summed E-state index contributed by atoms with van der Waals surface area (Å²) in [4.78, 5) is 38.1. The van der Waals surface area contributed by atoms with Gasteiger partial charge in [-0.3, -0.25) is 14.4 Å². The Hall–Kier alpha value is -1.50. The Morgan fingerprint density at radius 3 is 2.52 bits per heavy atom. The average Bonchev–Trinajstić information content (AvgIpc) is 2.92. The molecule has 3 N–H and O–H groups in total. The highest BCUT2D eigenvalue weighted by Crippen LogP contribution is 2.25. The summed E-state index contributed by atoms with van der Waals surface area (Å²) in [7, 11) is 0. The van der Waals surface area contributed by atoms with Crippen molar-refractivity contribution in [1.29, 1.82) is 0 Å². The zero-order chi connectivity index (χ0) is 16.2. The summed E-state index contributed by atoms with van der Waals surface area (Å²) in [5, 5.41) is 2.63. The molecule has 0 bridgehead atoms. The van der Waals surface area contributed by atoms with E-state index < -0.39 is 23.1 Å². The zero-order valence-electron chi connectivity index (χ0n) is 12.8. The third kappa shape index (κ3) is 4.23. The molecule has 1 aliphatic rings. The minimum Gasteiger partial charge on any atom is -0.376 e. The molecule has 0 unspecified atom stereocenters. The quantitative estimate of drug-likeness (QED) is 0.544. The first-order valence-corrected chi connectivity index (χ1v) is 7.53. The van der Waals surface area contributed by atoms with Crippen LogP contribution in [0.4, 0.5) is 0 Å². The fourth-order valence-electron chi connectivity index (χ4n) is 2.22. The van der Waals surface area contributed by atoms with Gasteiger partial charge in [-0.25, -0.2) is 0 Å². The number of thiocarbonyl (C=S) groups is 1. The van der Waals surface area contributed by atoms with Gasteiger partial charge >= 0.3 is 0 Å². The topological polar surface area (TPSA) is 92.5 Å². The molecule has 7 heteroatoms. The number of carbonyl (C=O) groups excluding carboxylic acids is 3. The third-order valence-electron chi connectivity index (χ3n) is 4.01. The molecule has 1 amide bonds. The fraction of sp³-hybridized carbons (Fsp3) is 0.714. The highest BCUT2D eigenvalue weighted by molar-refractivity contribution is 7.80. The number of amides is 1. The van der Waals surface area contributed by atoms with E-state index >= 15 is 0 Å². The molecule has 118 valence electrons.